The Bertz CT molecular complexity index is 1190. The van der Waals surface area contributed by atoms with Gasteiger partial charge in [-0.3, -0.25) is 4.79 Å². The van der Waals surface area contributed by atoms with E-state index < -0.39 is 10.0 Å². The lowest BCUT2D eigenvalue weighted by atomic mass is 10.2. The minimum Gasteiger partial charge on any atom is -0.416 e. The van der Waals surface area contributed by atoms with Crippen LogP contribution in [0.3, 0.4) is 0 Å². The van der Waals surface area contributed by atoms with Crippen molar-refractivity contribution < 1.29 is 17.6 Å². The molecule has 33 heavy (non-hydrogen) atoms. The number of benzene rings is 2. The van der Waals surface area contributed by atoms with Crippen molar-refractivity contribution in [1.82, 2.24) is 19.4 Å². The summed E-state index contributed by atoms with van der Waals surface area (Å²) in [5.74, 6) is 0.575. The van der Waals surface area contributed by atoms with Crippen molar-refractivity contribution in [3.8, 4) is 0 Å². The highest BCUT2D eigenvalue weighted by molar-refractivity contribution is 7.99. The lowest BCUT2D eigenvalue weighted by Gasteiger charge is -2.33. The SMILES string of the molecule is O=C(CSc1nnc(Cc2ccccc2)o1)N1CCN(S(=O)(=O)/C=C/c2ccccc2)CC1. The fourth-order valence-corrected chi connectivity index (χ4v) is 5.22. The highest BCUT2D eigenvalue weighted by atomic mass is 32.2. The summed E-state index contributed by atoms with van der Waals surface area (Å²) >= 11 is 1.19. The van der Waals surface area contributed by atoms with E-state index in [9.17, 15) is 13.2 Å². The highest BCUT2D eigenvalue weighted by Crippen LogP contribution is 2.19. The van der Waals surface area contributed by atoms with Gasteiger partial charge in [0.2, 0.25) is 21.8 Å². The Hall–Kier alpha value is -2.95. The summed E-state index contributed by atoms with van der Waals surface area (Å²) in [5, 5.41) is 9.60. The summed E-state index contributed by atoms with van der Waals surface area (Å²) in [4.78, 5) is 14.2. The van der Waals surface area contributed by atoms with Gasteiger partial charge in [0, 0.05) is 31.6 Å². The van der Waals surface area contributed by atoms with Crippen LogP contribution in [-0.4, -0.2) is 65.7 Å². The van der Waals surface area contributed by atoms with Crippen molar-refractivity contribution in [2.24, 2.45) is 0 Å². The molecule has 0 aliphatic carbocycles. The van der Waals surface area contributed by atoms with Crippen molar-refractivity contribution in [3.05, 3.63) is 83.1 Å². The van der Waals surface area contributed by atoms with Crippen LogP contribution >= 0.6 is 11.8 Å². The molecule has 4 rings (SSSR count). The first-order valence-corrected chi connectivity index (χ1v) is 13.0. The maximum Gasteiger partial charge on any atom is 0.277 e. The van der Waals surface area contributed by atoms with Crippen molar-refractivity contribution in [2.45, 2.75) is 11.6 Å². The van der Waals surface area contributed by atoms with Gasteiger partial charge >= 0.3 is 0 Å². The van der Waals surface area contributed by atoms with Crippen LogP contribution in [0.5, 0.6) is 0 Å². The summed E-state index contributed by atoms with van der Waals surface area (Å²) in [6.07, 6.45) is 2.12. The zero-order valence-electron chi connectivity index (χ0n) is 17.9. The molecule has 10 heteroatoms. The molecule has 3 aromatic rings. The van der Waals surface area contributed by atoms with Crippen LogP contribution in [0.15, 0.2) is 75.7 Å². The Balaban J connectivity index is 1.24. The van der Waals surface area contributed by atoms with Crippen molar-refractivity contribution in [1.29, 1.82) is 0 Å². The van der Waals surface area contributed by atoms with Gasteiger partial charge in [-0.05, 0) is 17.2 Å². The van der Waals surface area contributed by atoms with Crippen LogP contribution < -0.4 is 0 Å². The first-order chi connectivity index (χ1) is 16.0. The molecule has 1 fully saturated rings. The zero-order chi connectivity index (χ0) is 23.1. The van der Waals surface area contributed by atoms with Crippen LogP contribution in [-0.2, 0) is 21.2 Å². The Morgan fingerprint density at radius 1 is 0.970 bits per heavy atom. The van der Waals surface area contributed by atoms with E-state index >= 15 is 0 Å². The number of nitrogens with zero attached hydrogens (tertiary/aromatic N) is 4. The number of amides is 1. The van der Waals surface area contributed by atoms with E-state index in [0.717, 1.165) is 11.1 Å². The van der Waals surface area contributed by atoms with Gasteiger partial charge in [-0.15, -0.1) is 10.2 Å². The second kappa shape index (κ2) is 10.8. The standard InChI is InChI=1S/C23H24N4O4S2/c28-22(18-32-23-25-24-21(31-23)17-20-9-5-2-6-10-20)26-12-14-27(15-13-26)33(29,30)16-11-19-7-3-1-4-8-19/h1-11,16H,12-15,17-18H2/b16-11+. The molecule has 2 aromatic carbocycles. The number of carbonyl (C=O) groups is 1. The molecule has 172 valence electrons. The number of thioether (sulfide) groups is 1. The molecule has 8 nitrogen and oxygen atoms in total. The van der Waals surface area contributed by atoms with Crippen molar-refractivity contribution in [2.75, 3.05) is 31.9 Å². The highest BCUT2D eigenvalue weighted by Gasteiger charge is 2.27. The summed E-state index contributed by atoms with van der Waals surface area (Å²) in [6, 6.07) is 19.1. The van der Waals surface area contributed by atoms with E-state index in [0.29, 0.717) is 30.6 Å². The third-order valence-corrected chi connectivity index (χ3v) is 7.52. The molecule has 1 aliphatic rings. The van der Waals surface area contributed by atoms with Crippen LogP contribution in [0.2, 0.25) is 0 Å². The second-order valence-corrected chi connectivity index (χ2v) is 10.2. The summed E-state index contributed by atoms with van der Waals surface area (Å²) in [5.41, 5.74) is 1.89. The smallest absolute Gasteiger partial charge is 0.277 e. The number of aromatic nitrogens is 2. The predicted octanol–water partition coefficient (Wildman–Crippen LogP) is 2.90. The molecule has 0 radical (unpaired) electrons. The molecule has 1 amide bonds. The number of piperazine rings is 1. The van der Waals surface area contributed by atoms with E-state index in [4.69, 9.17) is 4.42 Å². The number of hydrogen-bond donors (Lipinski definition) is 0. The summed E-state index contributed by atoms with van der Waals surface area (Å²) in [7, 11) is -3.53. The van der Waals surface area contributed by atoms with Gasteiger partial charge in [-0.2, -0.15) is 4.31 Å². The third-order valence-electron chi connectivity index (χ3n) is 5.15. The van der Waals surface area contributed by atoms with Gasteiger partial charge in [0.15, 0.2) is 0 Å². The molecule has 1 aliphatic heterocycles. The minimum absolute atomic E-state index is 0.0836. The second-order valence-electron chi connectivity index (χ2n) is 7.45. The van der Waals surface area contributed by atoms with E-state index in [1.807, 2.05) is 60.7 Å². The summed E-state index contributed by atoms with van der Waals surface area (Å²) in [6.45, 7) is 1.22. The van der Waals surface area contributed by atoms with Gasteiger partial charge in [0.1, 0.15) is 0 Å². The quantitative estimate of drug-likeness (QED) is 0.454. The molecular formula is C23H24N4O4S2. The average molecular weight is 485 g/mol. The molecular weight excluding hydrogens is 460 g/mol. The Labute approximate surface area is 197 Å². The van der Waals surface area contributed by atoms with Crippen molar-refractivity contribution in [3.63, 3.8) is 0 Å². The van der Waals surface area contributed by atoms with Crippen LogP contribution in [0, 0.1) is 0 Å². The largest absolute Gasteiger partial charge is 0.416 e. The molecule has 0 N–H and O–H groups in total. The molecule has 0 saturated carbocycles. The lowest BCUT2D eigenvalue weighted by Crippen LogP contribution is -2.50. The van der Waals surface area contributed by atoms with Gasteiger partial charge in [0.25, 0.3) is 5.22 Å². The Morgan fingerprint density at radius 2 is 1.64 bits per heavy atom. The fourth-order valence-electron chi connectivity index (χ4n) is 3.36. The Morgan fingerprint density at radius 3 is 2.33 bits per heavy atom. The van der Waals surface area contributed by atoms with Crippen LogP contribution in [0.1, 0.15) is 17.0 Å². The predicted molar refractivity (Wildman–Crippen MR) is 127 cm³/mol. The first-order valence-electron chi connectivity index (χ1n) is 10.5. The van der Waals surface area contributed by atoms with E-state index in [2.05, 4.69) is 10.2 Å². The monoisotopic (exact) mass is 484 g/mol. The number of rotatable bonds is 8. The molecule has 2 heterocycles. The lowest BCUT2D eigenvalue weighted by molar-refractivity contribution is -0.129. The average Bonchev–Trinajstić information content (AvgIpc) is 3.30. The van der Waals surface area contributed by atoms with Crippen molar-refractivity contribution >= 4 is 33.8 Å². The zero-order valence-corrected chi connectivity index (χ0v) is 19.5. The molecule has 1 aromatic heterocycles. The van der Waals surface area contributed by atoms with Crippen LogP contribution in [0.25, 0.3) is 6.08 Å². The van der Waals surface area contributed by atoms with Gasteiger partial charge in [-0.25, -0.2) is 8.42 Å². The van der Waals surface area contributed by atoms with E-state index in [-0.39, 0.29) is 24.7 Å². The molecule has 0 bridgehead atoms. The maximum atomic E-state index is 12.6. The summed E-state index contributed by atoms with van der Waals surface area (Å²) < 4.78 is 32.2. The molecule has 0 spiro atoms. The number of hydrogen-bond acceptors (Lipinski definition) is 7. The fraction of sp³-hybridized carbons (Fsp3) is 0.261. The molecule has 0 atom stereocenters. The van der Waals surface area contributed by atoms with Gasteiger partial charge < -0.3 is 9.32 Å². The third kappa shape index (κ3) is 6.53. The maximum absolute atomic E-state index is 12.6. The van der Waals surface area contributed by atoms with Crippen LogP contribution in [0.4, 0.5) is 0 Å². The Kier molecular flexibility index (Phi) is 7.58. The minimum atomic E-state index is -3.53. The van der Waals surface area contributed by atoms with Gasteiger partial charge in [0.05, 0.1) is 12.2 Å². The van der Waals surface area contributed by atoms with E-state index in [1.165, 1.54) is 21.5 Å². The molecule has 0 unspecified atom stereocenters. The van der Waals surface area contributed by atoms with E-state index in [1.54, 1.807) is 11.0 Å². The van der Waals surface area contributed by atoms with Gasteiger partial charge in [-0.1, -0.05) is 72.4 Å². The first kappa shape index (κ1) is 23.2. The number of carbonyl (C=O) groups excluding carboxylic acids is 1. The topological polar surface area (TPSA) is 96.6 Å². The number of sulfonamides is 1. The normalized spacial score (nSPS) is 15.2. The molecule has 1 saturated heterocycles.